The van der Waals surface area contributed by atoms with Crippen molar-refractivity contribution in [1.82, 2.24) is 0 Å². The van der Waals surface area contributed by atoms with Gasteiger partial charge in [-0.05, 0) is 39.5 Å². The number of rotatable bonds is 8. The molecule has 0 heterocycles. The third kappa shape index (κ3) is 17.8. The number of hydrogen-bond acceptors (Lipinski definition) is 1. The fourth-order valence-corrected chi connectivity index (χ4v) is 1.24. The van der Waals surface area contributed by atoms with Crippen LogP contribution in [0.4, 0.5) is 0 Å². The molecule has 0 unspecified atom stereocenters. The molecule has 0 fully saturated rings. The number of allylic oxidation sites excluding steroid dienone is 5. The molecule has 104 valence electrons. The Bertz CT molecular complexity index is 236. The van der Waals surface area contributed by atoms with E-state index in [-0.39, 0.29) is 6.61 Å². The van der Waals surface area contributed by atoms with Crippen LogP contribution in [-0.4, -0.2) is 17.0 Å². The second kappa shape index (κ2) is 16.4. The summed E-state index contributed by atoms with van der Waals surface area (Å²) in [5.41, 5.74) is 2.44. The quantitative estimate of drug-likeness (QED) is 0.371. The van der Waals surface area contributed by atoms with Gasteiger partial charge in [-0.25, -0.2) is 0 Å². The van der Waals surface area contributed by atoms with Gasteiger partial charge in [-0.1, -0.05) is 51.4 Å². The van der Waals surface area contributed by atoms with Gasteiger partial charge in [0.25, 0.3) is 0 Å². The van der Waals surface area contributed by atoms with Gasteiger partial charge in [-0.2, -0.15) is 0 Å². The predicted octanol–water partition coefficient (Wildman–Crippen LogP) is 5.19. The molecule has 0 saturated heterocycles. The molecule has 0 saturated carbocycles. The molecule has 0 aromatic carbocycles. The molecular weight excluding hydrogens is 288 g/mol. The van der Waals surface area contributed by atoms with Crippen LogP contribution in [0.25, 0.3) is 0 Å². The lowest BCUT2D eigenvalue weighted by Gasteiger charge is -1.91. The van der Waals surface area contributed by atoms with Gasteiger partial charge in [0.2, 0.25) is 0 Å². The van der Waals surface area contributed by atoms with E-state index in [2.05, 4.69) is 42.1 Å². The van der Waals surface area contributed by atoms with Crippen LogP contribution in [0.1, 0.15) is 39.5 Å². The predicted molar refractivity (Wildman–Crippen MR) is 87.3 cm³/mol. The molecule has 0 aromatic rings. The first-order chi connectivity index (χ1) is 8.62. The third-order valence-corrected chi connectivity index (χ3v) is 3.07. The van der Waals surface area contributed by atoms with Crippen molar-refractivity contribution >= 4 is 15.9 Å². The maximum absolute atomic E-state index is 8.54. The zero-order valence-electron chi connectivity index (χ0n) is 11.8. The molecular formula is C16H27BrO. The minimum absolute atomic E-state index is 0.178. The summed E-state index contributed by atoms with van der Waals surface area (Å²) in [7, 11) is 0. The lowest BCUT2D eigenvalue weighted by molar-refractivity contribution is 0.331. The van der Waals surface area contributed by atoms with Crippen LogP contribution in [0.15, 0.2) is 48.6 Å². The van der Waals surface area contributed by atoms with Crippen molar-refractivity contribution in [2.75, 3.05) is 11.9 Å². The van der Waals surface area contributed by atoms with Gasteiger partial charge in [0.15, 0.2) is 0 Å². The Morgan fingerprint density at radius 3 is 1.72 bits per heavy atom. The number of alkyl halides is 1. The Balaban J connectivity index is 0. The van der Waals surface area contributed by atoms with Crippen LogP contribution in [0, 0.1) is 0 Å². The highest BCUT2D eigenvalue weighted by molar-refractivity contribution is 9.09. The van der Waals surface area contributed by atoms with Crippen molar-refractivity contribution in [3.63, 3.8) is 0 Å². The van der Waals surface area contributed by atoms with Gasteiger partial charge in [0.1, 0.15) is 0 Å². The zero-order valence-corrected chi connectivity index (χ0v) is 13.4. The number of hydrogen-bond donors (Lipinski definition) is 1. The van der Waals surface area contributed by atoms with Gasteiger partial charge in [-0.15, -0.1) is 13.2 Å². The first-order valence-electron chi connectivity index (χ1n) is 6.32. The van der Waals surface area contributed by atoms with Gasteiger partial charge in [-0.3, -0.25) is 0 Å². The summed E-state index contributed by atoms with van der Waals surface area (Å²) in [4.78, 5) is 0. The summed E-state index contributed by atoms with van der Waals surface area (Å²) in [6.45, 7) is 11.5. The molecule has 0 amide bonds. The largest absolute Gasteiger partial charge is 0.392 e. The van der Waals surface area contributed by atoms with E-state index < -0.39 is 0 Å². The molecule has 0 aliphatic heterocycles. The van der Waals surface area contributed by atoms with Gasteiger partial charge >= 0.3 is 0 Å². The molecule has 18 heavy (non-hydrogen) atoms. The molecule has 0 radical (unpaired) electrons. The Labute approximate surface area is 121 Å². The smallest absolute Gasteiger partial charge is 0.0639 e. The Morgan fingerprint density at radius 2 is 1.39 bits per heavy atom. The molecule has 0 aliphatic carbocycles. The van der Waals surface area contributed by atoms with Gasteiger partial charge in [0, 0.05) is 5.33 Å². The number of halogens is 1. The normalized spacial score (nSPS) is 11.6. The molecule has 0 atom stereocenters. The maximum Gasteiger partial charge on any atom is 0.0639 e. The molecule has 0 aromatic heterocycles. The van der Waals surface area contributed by atoms with Crippen LogP contribution in [-0.2, 0) is 0 Å². The number of aliphatic hydroxyl groups excluding tert-OH is 1. The fourth-order valence-electron chi connectivity index (χ4n) is 1.01. The summed E-state index contributed by atoms with van der Waals surface area (Å²) >= 11 is 3.37. The van der Waals surface area contributed by atoms with Crippen LogP contribution in [0.5, 0.6) is 0 Å². The lowest BCUT2D eigenvalue weighted by atomic mass is 10.2. The van der Waals surface area contributed by atoms with Crippen LogP contribution in [0.2, 0.25) is 0 Å². The highest BCUT2D eigenvalue weighted by Crippen LogP contribution is 2.01. The number of unbranched alkanes of at least 4 members (excludes halogenated alkanes) is 2. The van der Waals surface area contributed by atoms with Crippen molar-refractivity contribution in [3.05, 3.63) is 48.6 Å². The van der Waals surface area contributed by atoms with Gasteiger partial charge < -0.3 is 5.11 Å². The van der Waals surface area contributed by atoms with Crippen molar-refractivity contribution < 1.29 is 5.11 Å². The van der Waals surface area contributed by atoms with E-state index in [1.165, 1.54) is 5.57 Å². The minimum Gasteiger partial charge on any atom is -0.392 e. The van der Waals surface area contributed by atoms with E-state index in [0.29, 0.717) is 0 Å². The minimum atomic E-state index is 0.178. The van der Waals surface area contributed by atoms with Crippen molar-refractivity contribution in [1.29, 1.82) is 0 Å². The summed E-state index contributed by atoms with van der Waals surface area (Å²) in [5, 5.41) is 9.53. The second-order valence-electron chi connectivity index (χ2n) is 4.12. The molecule has 0 rings (SSSR count). The van der Waals surface area contributed by atoms with E-state index in [1.54, 1.807) is 0 Å². The Morgan fingerprint density at radius 1 is 0.944 bits per heavy atom. The fraction of sp³-hybridized carbons (Fsp3) is 0.500. The summed E-state index contributed by atoms with van der Waals surface area (Å²) in [6, 6.07) is 0. The molecule has 0 aliphatic rings. The average Bonchev–Trinajstić information content (AvgIpc) is 2.39. The average molecular weight is 315 g/mol. The van der Waals surface area contributed by atoms with E-state index in [1.807, 2.05) is 25.2 Å². The summed E-state index contributed by atoms with van der Waals surface area (Å²) in [5.74, 6) is 0. The summed E-state index contributed by atoms with van der Waals surface area (Å²) in [6.07, 6.45) is 12.3. The SMILES string of the molecule is C=CCCC=C(C)CBr.C=CCCC=C(C)CO. The van der Waals surface area contributed by atoms with Crippen LogP contribution < -0.4 is 0 Å². The Hall–Kier alpha value is -0.600. The standard InChI is InChI=1S/C8H13Br.C8H14O/c2*1-3-4-5-6-8(2)7-9/h3,6H,1,4-5,7H2,2H3;3,6,9H,1,4-5,7H2,2H3. The highest BCUT2D eigenvalue weighted by atomic mass is 79.9. The van der Waals surface area contributed by atoms with Crippen molar-refractivity contribution in [3.8, 4) is 0 Å². The molecule has 2 heteroatoms. The molecule has 0 spiro atoms. The monoisotopic (exact) mass is 314 g/mol. The van der Waals surface area contributed by atoms with Crippen LogP contribution >= 0.6 is 15.9 Å². The van der Waals surface area contributed by atoms with Crippen LogP contribution in [0.3, 0.4) is 0 Å². The van der Waals surface area contributed by atoms with E-state index in [0.717, 1.165) is 36.6 Å². The Kier molecular flexibility index (Phi) is 18.0. The maximum atomic E-state index is 8.54. The van der Waals surface area contributed by atoms with E-state index >= 15 is 0 Å². The number of aliphatic hydroxyl groups is 1. The zero-order chi connectivity index (χ0) is 14.2. The first-order valence-corrected chi connectivity index (χ1v) is 7.44. The van der Waals surface area contributed by atoms with Gasteiger partial charge in [0.05, 0.1) is 6.61 Å². The summed E-state index contributed by atoms with van der Waals surface area (Å²) < 4.78 is 0. The topological polar surface area (TPSA) is 20.2 Å². The molecule has 0 bridgehead atoms. The van der Waals surface area contributed by atoms with E-state index in [4.69, 9.17) is 5.11 Å². The molecule has 1 N–H and O–H groups in total. The third-order valence-electron chi connectivity index (χ3n) is 2.19. The van der Waals surface area contributed by atoms with Crippen molar-refractivity contribution in [2.24, 2.45) is 0 Å². The molecule has 1 nitrogen and oxygen atoms in total. The van der Waals surface area contributed by atoms with Crippen molar-refractivity contribution in [2.45, 2.75) is 39.5 Å². The highest BCUT2D eigenvalue weighted by Gasteiger charge is 1.82. The second-order valence-corrected chi connectivity index (χ2v) is 4.69. The first kappa shape index (κ1) is 19.7. The van der Waals surface area contributed by atoms with E-state index in [9.17, 15) is 0 Å². The lowest BCUT2D eigenvalue weighted by Crippen LogP contribution is -1.82.